The molecular weight excluding hydrogens is 186 g/mol. The van der Waals surface area contributed by atoms with Gasteiger partial charge in [-0.3, -0.25) is 0 Å². The Morgan fingerprint density at radius 1 is 1.27 bits per heavy atom. The first-order valence-electron chi connectivity index (χ1n) is 5.76. The number of hydrogen-bond donors (Lipinski definition) is 1. The van der Waals surface area contributed by atoms with Crippen molar-refractivity contribution in [2.45, 2.75) is 25.9 Å². The van der Waals surface area contributed by atoms with Crippen molar-refractivity contribution in [1.82, 2.24) is 0 Å². The summed E-state index contributed by atoms with van der Waals surface area (Å²) >= 11 is 0. The van der Waals surface area contributed by atoms with Gasteiger partial charge in [0.05, 0.1) is 6.61 Å². The third-order valence-electron chi connectivity index (χ3n) is 3.93. The smallest absolute Gasteiger partial charge is 0.0682 e. The van der Waals surface area contributed by atoms with Gasteiger partial charge in [0, 0.05) is 24.2 Å². The monoisotopic (exact) mass is 203 g/mol. The van der Waals surface area contributed by atoms with Crippen molar-refractivity contribution >= 4 is 5.69 Å². The van der Waals surface area contributed by atoms with E-state index in [0.717, 1.165) is 5.56 Å². The highest BCUT2D eigenvalue weighted by atomic mass is 16.3. The van der Waals surface area contributed by atoms with Crippen molar-refractivity contribution < 1.29 is 5.11 Å². The van der Waals surface area contributed by atoms with Crippen LogP contribution in [-0.2, 0) is 6.61 Å². The summed E-state index contributed by atoms with van der Waals surface area (Å²) in [4.78, 5) is 2.43. The van der Waals surface area contributed by atoms with Gasteiger partial charge >= 0.3 is 0 Å². The van der Waals surface area contributed by atoms with Crippen molar-refractivity contribution in [3.63, 3.8) is 0 Å². The Hall–Kier alpha value is -1.02. The molecule has 2 aliphatic rings. The summed E-state index contributed by atoms with van der Waals surface area (Å²) < 4.78 is 0. The zero-order chi connectivity index (χ0) is 10.3. The van der Waals surface area contributed by atoms with Gasteiger partial charge < -0.3 is 10.0 Å². The predicted octanol–water partition coefficient (Wildman–Crippen LogP) is 2.17. The molecule has 0 amide bonds. The topological polar surface area (TPSA) is 23.5 Å². The van der Waals surface area contributed by atoms with E-state index in [0.29, 0.717) is 5.41 Å². The number of anilines is 1. The summed E-state index contributed by atoms with van der Waals surface area (Å²) in [5.74, 6) is 0. The minimum Gasteiger partial charge on any atom is -0.392 e. The van der Waals surface area contributed by atoms with Crippen molar-refractivity contribution in [3.05, 3.63) is 29.8 Å². The Morgan fingerprint density at radius 2 is 2.07 bits per heavy atom. The number of rotatable bonds is 2. The predicted molar refractivity (Wildman–Crippen MR) is 60.9 cm³/mol. The van der Waals surface area contributed by atoms with E-state index in [2.05, 4.69) is 17.0 Å². The summed E-state index contributed by atoms with van der Waals surface area (Å²) in [6.45, 7) is 2.59. The van der Waals surface area contributed by atoms with Gasteiger partial charge in [-0.2, -0.15) is 0 Å². The minimum absolute atomic E-state index is 0.146. The van der Waals surface area contributed by atoms with E-state index in [9.17, 15) is 0 Å². The molecule has 1 saturated heterocycles. The molecule has 2 fully saturated rings. The highest BCUT2D eigenvalue weighted by Gasteiger charge is 2.47. The number of aliphatic hydroxyl groups excluding tert-OH is 1. The van der Waals surface area contributed by atoms with Gasteiger partial charge in [-0.1, -0.05) is 18.6 Å². The first-order valence-corrected chi connectivity index (χ1v) is 5.76. The maximum atomic E-state index is 9.08. The fourth-order valence-corrected chi connectivity index (χ4v) is 2.79. The molecule has 0 atom stereocenters. The van der Waals surface area contributed by atoms with Crippen LogP contribution in [0.25, 0.3) is 0 Å². The molecule has 1 spiro atoms. The molecule has 1 aromatic rings. The summed E-state index contributed by atoms with van der Waals surface area (Å²) in [5.41, 5.74) is 2.97. The lowest BCUT2D eigenvalue weighted by Gasteiger charge is -2.57. The minimum atomic E-state index is 0.146. The van der Waals surface area contributed by atoms with Crippen LogP contribution in [0.1, 0.15) is 24.8 Å². The molecule has 1 aliphatic carbocycles. The molecule has 3 rings (SSSR count). The lowest BCUT2D eigenvalue weighted by molar-refractivity contribution is 0.0904. The van der Waals surface area contributed by atoms with Gasteiger partial charge in [-0.05, 0) is 30.5 Å². The molecule has 15 heavy (non-hydrogen) atoms. The van der Waals surface area contributed by atoms with E-state index in [1.165, 1.54) is 38.0 Å². The molecule has 80 valence electrons. The molecule has 1 aliphatic heterocycles. The highest BCUT2D eigenvalue weighted by Crippen LogP contribution is 2.49. The quantitative estimate of drug-likeness (QED) is 0.796. The lowest BCUT2D eigenvalue weighted by Crippen LogP contribution is -2.59. The first-order chi connectivity index (χ1) is 7.31. The van der Waals surface area contributed by atoms with Crippen LogP contribution < -0.4 is 4.90 Å². The summed E-state index contributed by atoms with van der Waals surface area (Å²) in [7, 11) is 0. The van der Waals surface area contributed by atoms with E-state index in [4.69, 9.17) is 5.11 Å². The van der Waals surface area contributed by atoms with E-state index in [1.54, 1.807) is 0 Å². The van der Waals surface area contributed by atoms with Crippen LogP contribution in [0.4, 0.5) is 5.69 Å². The van der Waals surface area contributed by atoms with Crippen LogP contribution in [0.2, 0.25) is 0 Å². The number of aliphatic hydroxyl groups is 1. The third-order valence-corrected chi connectivity index (χ3v) is 3.93. The van der Waals surface area contributed by atoms with Gasteiger partial charge in [0.25, 0.3) is 0 Å². The third kappa shape index (κ3) is 1.44. The first kappa shape index (κ1) is 9.22. The molecule has 0 bridgehead atoms. The van der Waals surface area contributed by atoms with E-state index in [-0.39, 0.29) is 6.61 Å². The molecule has 1 aromatic carbocycles. The zero-order valence-corrected chi connectivity index (χ0v) is 8.95. The van der Waals surface area contributed by atoms with Gasteiger partial charge in [0.2, 0.25) is 0 Å². The molecule has 1 N–H and O–H groups in total. The van der Waals surface area contributed by atoms with Crippen LogP contribution in [0.15, 0.2) is 24.3 Å². The van der Waals surface area contributed by atoms with Gasteiger partial charge in [0.1, 0.15) is 0 Å². The Balaban J connectivity index is 1.72. The summed E-state index contributed by atoms with van der Waals surface area (Å²) in [6, 6.07) is 8.26. The SMILES string of the molecule is OCc1cccc(N2CC3(CCC3)C2)c1. The second-order valence-electron chi connectivity index (χ2n) is 5.04. The van der Waals surface area contributed by atoms with Crippen LogP contribution in [-0.4, -0.2) is 18.2 Å². The molecule has 2 nitrogen and oxygen atoms in total. The fraction of sp³-hybridized carbons (Fsp3) is 0.538. The highest BCUT2D eigenvalue weighted by molar-refractivity contribution is 5.52. The molecule has 0 unspecified atom stereocenters. The Kier molecular flexibility index (Phi) is 1.99. The van der Waals surface area contributed by atoms with Crippen molar-refractivity contribution in [2.24, 2.45) is 5.41 Å². The second kappa shape index (κ2) is 3.24. The number of hydrogen-bond acceptors (Lipinski definition) is 2. The average Bonchev–Trinajstić information content (AvgIpc) is 2.14. The van der Waals surface area contributed by atoms with Gasteiger partial charge in [-0.25, -0.2) is 0 Å². The largest absolute Gasteiger partial charge is 0.392 e. The van der Waals surface area contributed by atoms with Crippen molar-refractivity contribution in [1.29, 1.82) is 0 Å². The van der Waals surface area contributed by atoms with E-state index >= 15 is 0 Å². The lowest BCUT2D eigenvalue weighted by atomic mass is 9.63. The Morgan fingerprint density at radius 3 is 2.67 bits per heavy atom. The Bertz CT molecular complexity index is 363. The Labute approximate surface area is 90.5 Å². The van der Waals surface area contributed by atoms with Gasteiger partial charge in [0.15, 0.2) is 0 Å². The molecule has 0 aromatic heterocycles. The second-order valence-corrected chi connectivity index (χ2v) is 5.04. The molecule has 0 radical (unpaired) electrons. The van der Waals surface area contributed by atoms with E-state index < -0.39 is 0 Å². The van der Waals surface area contributed by atoms with Crippen molar-refractivity contribution in [2.75, 3.05) is 18.0 Å². The van der Waals surface area contributed by atoms with Gasteiger partial charge in [-0.15, -0.1) is 0 Å². The van der Waals surface area contributed by atoms with Crippen LogP contribution >= 0.6 is 0 Å². The number of benzene rings is 1. The average molecular weight is 203 g/mol. The maximum Gasteiger partial charge on any atom is 0.0682 e. The number of nitrogens with zero attached hydrogens (tertiary/aromatic N) is 1. The normalized spacial score (nSPS) is 22.3. The molecule has 1 saturated carbocycles. The molecule has 2 heteroatoms. The zero-order valence-electron chi connectivity index (χ0n) is 8.95. The summed E-state index contributed by atoms with van der Waals surface area (Å²) in [5, 5.41) is 9.08. The summed E-state index contributed by atoms with van der Waals surface area (Å²) in [6.07, 6.45) is 4.26. The fourth-order valence-electron chi connectivity index (χ4n) is 2.79. The van der Waals surface area contributed by atoms with Crippen molar-refractivity contribution in [3.8, 4) is 0 Å². The molecule has 1 heterocycles. The molecular formula is C13H17NO. The standard InChI is InChI=1S/C13H17NO/c15-8-11-3-1-4-12(7-11)14-9-13(10-14)5-2-6-13/h1,3-4,7,15H,2,5-6,8-10H2. The van der Waals surface area contributed by atoms with Crippen LogP contribution in [0, 0.1) is 5.41 Å². The van der Waals surface area contributed by atoms with Crippen LogP contribution in [0.5, 0.6) is 0 Å². The van der Waals surface area contributed by atoms with Crippen LogP contribution in [0.3, 0.4) is 0 Å². The maximum absolute atomic E-state index is 9.08. The van der Waals surface area contributed by atoms with E-state index in [1.807, 2.05) is 12.1 Å².